The van der Waals surface area contributed by atoms with Crippen molar-refractivity contribution in [1.82, 2.24) is 14.2 Å². The molecule has 1 aliphatic heterocycles. The molecule has 0 radical (unpaired) electrons. The lowest BCUT2D eigenvalue weighted by Gasteiger charge is -2.39. The molecule has 5 aromatic rings. The van der Waals surface area contributed by atoms with Gasteiger partial charge < -0.3 is 32.7 Å². The molecule has 0 spiro atoms. The predicted octanol–water partition coefficient (Wildman–Crippen LogP) is 8.69. The molecule has 1 fully saturated rings. The van der Waals surface area contributed by atoms with Gasteiger partial charge in [0.05, 0.1) is 58.7 Å². The zero-order valence-corrected chi connectivity index (χ0v) is 37.1. The van der Waals surface area contributed by atoms with Crippen molar-refractivity contribution >= 4 is 20.7 Å². The number of hydrogen-bond acceptors (Lipinski definition) is 11. The van der Waals surface area contributed by atoms with Crippen LogP contribution < -0.4 is 25.5 Å². The number of aromatic nitrogens is 2. The first-order valence-electron chi connectivity index (χ1n) is 20.6. The molecular weight excluding hydrogens is 808 g/mol. The van der Waals surface area contributed by atoms with Crippen LogP contribution in [0, 0.1) is 11.3 Å². The highest BCUT2D eigenvalue weighted by Gasteiger charge is 2.45. The van der Waals surface area contributed by atoms with Crippen LogP contribution in [0.2, 0.25) is 0 Å². The Bertz CT molecular complexity index is 2320. The summed E-state index contributed by atoms with van der Waals surface area (Å²) in [4.78, 5) is 29.3. The van der Waals surface area contributed by atoms with Gasteiger partial charge in [-0.3, -0.25) is 14.3 Å². The molecular formula is C48H55N4O9P. The van der Waals surface area contributed by atoms with Crippen molar-refractivity contribution in [3.05, 3.63) is 158 Å². The molecule has 4 atom stereocenters. The minimum atomic E-state index is -1.72. The Balaban J connectivity index is 1.43. The number of aromatic amines is 1. The van der Waals surface area contributed by atoms with E-state index in [4.69, 9.17) is 32.7 Å². The molecule has 62 heavy (non-hydrogen) atoms. The van der Waals surface area contributed by atoms with Crippen LogP contribution in [0.4, 0.5) is 0 Å². The van der Waals surface area contributed by atoms with E-state index in [9.17, 15) is 14.9 Å². The topological polar surface area (TPSA) is 146 Å². The molecule has 0 bridgehead atoms. The standard InChI is InChI=1S/C48H55N4O9P/c1-33(2)52(34(3)4)62(59-29-11-28-49)61-43-30-45(51-31-36(46(53)50-47(51)54)17-14-35-15-22-40(55-5)23-16-35)60-44(43)32-58-48(37-12-9-8-10-13-37,38-18-24-41(56-6)25-19-38)39-20-26-42(57-7)27-21-39/h8-10,12-27,31,33-34,43-45H,11,29-30,32H2,1-7H3,(H,50,53,54)/b17-14+/t43-,44+,45+,62?/m0/s1. The van der Waals surface area contributed by atoms with E-state index < -0.39 is 43.8 Å². The van der Waals surface area contributed by atoms with Gasteiger partial charge in [0.15, 0.2) is 0 Å². The number of ether oxygens (including phenoxy) is 5. The smallest absolute Gasteiger partial charge is 0.330 e. The van der Waals surface area contributed by atoms with E-state index in [1.807, 2.05) is 103 Å². The van der Waals surface area contributed by atoms with E-state index in [2.05, 4.69) is 43.4 Å². The Kier molecular flexibility index (Phi) is 15.9. The third-order valence-electron chi connectivity index (χ3n) is 10.6. The molecule has 13 nitrogen and oxygen atoms in total. The first-order valence-corrected chi connectivity index (χ1v) is 21.7. The van der Waals surface area contributed by atoms with Crippen LogP contribution in [0.3, 0.4) is 0 Å². The molecule has 1 aliphatic rings. The molecule has 1 unspecified atom stereocenters. The SMILES string of the molecule is COc1ccc(/C=C/c2cn([C@H]3C[C@H](OP(OCCC#N)N(C(C)C)C(C)C)[C@@H](COC(c4ccccc4)(c4ccc(OC)cc4)c4ccc(OC)cc4)O3)c(=O)[nH]c2=O)cc1. The van der Waals surface area contributed by atoms with Crippen LogP contribution >= 0.6 is 8.53 Å². The summed E-state index contributed by atoms with van der Waals surface area (Å²) in [5.41, 5.74) is 1.29. The normalized spacial score (nSPS) is 17.1. The number of methoxy groups -OCH3 is 3. The average molecular weight is 863 g/mol. The lowest BCUT2D eigenvalue weighted by atomic mass is 9.80. The fourth-order valence-corrected chi connectivity index (χ4v) is 9.32. The van der Waals surface area contributed by atoms with Gasteiger partial charge in [-0.1, -0.05) is 72.8 Å². The van der Waals surface area contributed by atoms with Crippen LogP contribution in [0.25, 0.3) is 12.2 Å². The Hall–Kier alpha value is -5.58. The number of H-pyrrole nitrogens is 1. The van der Waals surface area contributed by atoms with E-state index in [1.54, 1.807) is 33.5 Å². The van der Waals surface area contributed by atoms with Crippen LogP contribution in [0.1, 0.15) is 74.6 Å². The lowest BCUT2D eigenvalue weighted by molar-refractivity contribution is -0.0925. The van der Waals surface area contributed by atoms with Crippen LogP contribution in [0.5, 0.6) is 17.2 Å². The van der Waals surface area contributed by atoms with Crippen molar-refractivity contribution in [3.8, 4) is 23.3 Å². The second kappa shape index (κ2) is 21.5. The summed E-state index contributed by atoms with van der Waals surface area (Å²) >= 11 is 0. The van der Waals surface area contributed by atoms with E-state index >= 15 is 0 Å². The number of nitrogens with one attached hydrogen (secondary N) is 1. The Labute approximate surface area is 364 Å². The highest BCUT2D eigenvalue weighted by atomic mass is 31.2. The average Bonchev–Trinajstić information content (AvgIpc) is 3.68. The van der Waals surface area contributed by atoms with Gasteiger partial charge in [0.1, 0.15) is 35.2 Å². The molecule has 1 aromatic heterocycles. The molecule has 0 aliphatic carbocycles. The summed E-state index contributed by atoms with van der Waals surface area (Å²) in [6.45, 7) is 8.45. The fraction of sp³-hybridized carbons (Fsp3) is 0.354. The Morgan fingerprint density at radius 1 is 0.823 bits per heavy atom. The zero-order chi connectivity index (χ0) is 44.2. The van der Waals surface area contributed by atoms with E-state index in [1.165, 1.54) is 10.8 Å². The maximum atomic E-state index is 13.6. The largest absolute Gasteiger partial charge is 0.497 e. The Morgan fingerprint density at radius 2 is 1.37 bits per heavy atom. The number of nitrogens with zero attached hydrogens (tertiary/aromatic N) is 3. The van der Waals surface area contributed by atoms with Gasteiger partial charge in [-0.05, 0) is 92.4 Å². The third kappa shape index (κ3) is 10.7. The molecule has 4 aromatic carbocycles. The number of rotatable bonds is 20. The van der Waals surface area contributed by atoms with Gasteiger partial charge in [0.25, 0.3) is 14.1 Å². The summed E-state index contributed by atoms with van der Waals surface area (Å²) in [5.74, 6) is 2.09. The molecule has 326 valence electrons. The van der Waals surface area contributed by atoms with E-state index in [0.717, 1.165) is 22.3 Å². The van der Waals surface area contributed by atoms with E-state index in [-0.39, 0.29) is 43.7 Å². The maximum absolute atomic E-state index is 13.6. The van der Waals surface area contributed by atoms with Crippen molar-refractivity contribution in [2.24, 2.45) is 0 Å². The second-order valence-corrected chi connectivity index (χ2v) is 16.6. The fourth-order valence-electron chi connectivity index (χ4n) is 7.56. The molecule has 1 saturated heterocycles. The first-order chi connectivity index (χ1) is 30.0. The van der Waals surface area contributed by atoms with Crippen LogP contribution in [-0.2, 0) is 24.1 Å². The molecule has 14 heteroatoms. The first kappa shape index (κ1) is 45.9. The van der Waals surface area contributed by atoms with Gasteiger partial charge >= 0.3 is 5.69 Å². The van der Waals surface area contributed by atoms with Crippen LogP contribution in [0.15, 0.2) is 119 Å². The van der Waals surface area contributed by atoms with Gasteiger partial charge in [-0.2, -0.15) is 5.26 Å². The molecule has 6 rings (SSSR count). The summed E-state index contributed by atoms with van der Waals surface area (Å²) in [6, 6.07) is 35.1. The van der Waals surface area contributed by atoms with E-state index in [0.29, 0.717) is 17.2 Å². The predicted molar refractivity (Wildman–Crippen MR) is 240 cm³/mol. The monoisotopic (exact) mass is 862 g/mol. The highest BCUT2D eigenvalue weighted by molar-refractivity contribution is 7.44. The number of nitriles is 1. The summed E-state index contributed by atoms with van der Waals surface area (Å²) < 4.78 is 47.4. The Morgan fingerprint density at radius 3 is 1.90 bits per heavy atom. The van der Waals surface area contributed by atoms with Crippen molar-refractivity contribution < 1.29 is 32.7 Å². The summed E-state index contributed by atoms with van der Waals surface area (Å²) in [7, 11) is 3.12. The van der Waals surface area contributed by atoms with Crippen molar-refractivity contribution in [3.63, 3.8) is 0 Å². The molecule has 0 saturated carbocycles. The van der Waals surface area contributed by atoms with Gasteiger partial charge in [0.2, 0.25) is 0 Å². The summed E-state index contributed by atoms with van der Waals surface area (Å²) in [6.07, 6.45) is 3.09. The molecule has 0 amide bonds. The zero-order valence-electron chi connectivity index (χ0n) is 36.2. The highest BCUT2D eigenvalue weighted by Crippen LogP contribution is 2.50. The third-order valence-corrected chi connectivity index (χ3v) is 12.7. The lowest BCUT2D eigenvalue weighted by Crippen LogP contribution is -2.39. The number of hydrogen-bond donors (Lipinski definition) is 1. The van der Waals surface area contributed by atoms with Gasteiger partial charge in [-0.15, -0.1) is 0 Å². The quantitative estimate of drug-likeness (QED) is 0.0456. The number of benzene rings is 4. The van der Waals surface area contributed by atoms with Crippen molar-refractivity contribution in [1.29, 1.82) is 5.26 Å². The summed E-state index contributed by atoms with van der Waals surface area (Å²) in [5, 5.41) is 9.41. The van der Waals surface area contributed by atoms with Crippen molar-refractivity contribution in [2.75, 3.05) is 34.5 Å². The van der Waals surface area contributed by atoms with Crippen LogP contribution in [-0.4, -0.2) is 73.1 Å². The van der Waals surface area contributed by atoms with Gasteiger partial charge in [0, 0.05) is 24.7 Å². The van der Waals surface area contributed by atoms with Gasteiger partial charge in [-0.25, -0.2) is 9.46 Å². The minimum absolute atomic E-state index is 0.00117. The minimum Gasteiger partial charge on any atom is -0.497 e. The molecule has 1 N–H and O–H groups in total. The van der Waals surface area contributed by atoms with Crippen molar-refractivity contribution in [2.45, 2.75) is 76.7 Å². The molecule has 2 heterocycles. The second-order valence-electron chi connectivity index (χ2n) is 15.2. The maximum Gasteiger partial charge on any atom is 0.330 e.